The summed E-state index contributed by atoms with van der Waals surface area (Å²) in [7, 11) is 0. The van der Waals surface area contributed by atoms with Gasteiger partial charge in [0, 0.05) is 11.7 Å². The number of aromatic carboxylic acids is 1. The van der Waals surface area contributed by atoms with Gasteiger partial charge in [-0.25, -0.2) is 4.79 Å². The van der Waals surface area contributed by atoms with Gasteiger partial charge >= 0.3 is 5.97 Å². The summed E-state index contributed by atoms with van der Waals surface area (Å²) in [5, 5.41) is 12.0. The molecule has 0 aliphatic rings. The first-order valence-corrected chi connectivity index (χ1v) is 4.84. The lowest BCUT2D eigenvalue weighted by atomic mass is 10.2. The second-order valence-electron chi connectivity index (χ2n) is 3.45. The minimum Gasteiger partial charge on any atom is -0.478 e. The van der Waals surface area contributed by atoms with Crippen molar-refractivity contribution in [2.45, 2.75) is 19.4 Å². The van der Waals surface area contributed by atoms with Gasteiger partial charge in [0.2, 0.25) is 0 Å². The fourth-order valence-corrected chi connectivity index (χ4v) is 1.30. The van der Waals surface area contributed by atoms with Crippen molar-refractivity contribution < 1.29 is 9.90 Å². The number of carbonyl (C=O) groups is 1. The van der Waals surface area contributed by atoms with Crippen molar-refractivity contribution in [3.63, 3.8) is 0 Å². The highest BCUT2D eigenvalue weighted by Gasteiger charge is 2.03. The normalized spacial score (nSPS) is 11.8. The lowest BCUT2D eigenvalue weighted by Crippen LogP contribution is -2.13. The molecule has 0 bridgehead atoms. The molecule has 15 heavy (non-hydrogen) atoms. The number of nitrogens with one attached hydrogen (secondary N) is 1. The van der Waals surface area contributed by atoms with Crippen LogP contribution in [0.15, 0.2) is 36.9 Å². The molecule has 3 nitrogen and oxygen atoms in total. The molecule has 0 radical (unpaired) electrons. The Labute approximate surface area is 89.4 Å². The molecule has 0 fully saturated rings. The van der Waals surface area contributed by atoms with Crippen LogP contribution in [-0.4, -0.2) is 17.1 Å². The summed E-state index contributed by atoms with van der Waals surface area (Å²) in [5.74, 6) is -0.902. The summed E-state index contributed by atoms with van der Waals surface area (Å²) in [6.45, 7) is 5.71. The smallest absolute Gasteiger partial charge is 0.335 e. The van der Waals surface area contributed by atoms with E-state index in [1.54, 1.807) is 24.3 Å². The molecular formula is C12H15NO2. The van der Waals surface area contributed by atoms with Crippen LogP contribution >= 0.6 is 0 Å². The molecule has 1 aromatic rings. The summed E-state index contributed by atoms with van der Waals surface area (Å²) < 4.78 is 0. The Bertz CT molecular complexity index is 343. The first-order valence-electron chi connectivity index (χ1n) is 4.84. The third kappa shape index (κ3) is 3.46. The minimum absolute atomic E-state index is 0.303. The highest BCUT2D eigenvalue weighted by atomic mass is 16.4. The molecular weight excluding hydrogens is 190 g/mol. The molecule has 1 atom stereocenters. The van der Waals surface area contributed by atoms with Crippen LogP contribution in [0.4, 0.5) is 5.69 Å². The molecule has 2 N–H and O–H groups in total. The second kappa shape index (κ2) is 5.20. The van der Waals surface area contributed by atoms with Gasteiger partial charge < -0.3 is 10.4 Å². The fraction of sp³-hybridized carbons (Fsp3) is 0.250. The van der Waals surface area contributed by atoms with E-state index in [9.17, 15) is 4.79 Å². The molecule has 0 spiro atoms. The van der Waals surface area contributed by atoms with Crippen LogP contribution < -0.4 is 5.32 Å². The van der Waals surface area contributed by atoms with Gasteiger partial charge in [0.15, 0.2) is 0 Å². The molecule has 1 unspecified atom stereocenters. The topological polar surface area (TPSA) is 49.3 Å². The van der Waals surface area contributed by atoms with Crippen molar-refractivity contribution in [2.24, 2.45) is 0 Å². The van der Waals surface area contributed by atoms with Crippen molar-refractivity contribution in [3.8, 4) is 0 Å². The van der Waals surface area contributed by atoms with E-state index < -0.39 is 5.97 Å². The zero-order chi connectivity index (χ0) is 11.3. The third-order valence-corrected chi connectivity index (χ3v) is 2.07. The number of hydrogen-bond donors (Lipinski definition) is 2. The van der Waals surface area contributed by atoms with Gasteiger partial charge in [0.25, 0.3) is 0 Å². The molecule has 0 aliphatic heterocycles. The molecule has 3 heteroatoms. The van der Waals surface area contributed by atoms with Crippen molar-refractivity contribution in [1.82, 2.24) is 0 Å². The standard InChI is InChI=1S/C12H15NO2/c1-3-4-9(2)13-11-7-5-10(6-8-11)12(14)15/h3,5-9,13H,1,4H2,2H3,(H,14,15). The summed E-state index contributed by atoms with van der Waals surface area (Å²) >= 11 is 0. The van der Waals surface area contributed by atoms with Gasteiger partial charge in [-0.2, -0.15) is 0 Å². The molecule has 1 aromatic carbocycles. The molecule has 0 aromatic heterocycles. The first kappa shape index (κ1) is 11.3. The number of hydrogen-bond acceptors (Lipinski definition) is 2. The quantitative estimate of drug-likeness (QED) is 0.727. The first-order chi connectivity index (χ1) is 7.13. The van der Waals surface area contributed by atoms with Crippen molar-refractivity contribution in [3.05, 3.63) is 42.5 Å². The van der Waals surface area contributed by atoms with Crippen LogP contribution in [0.2, 0.25) is 0 Å². The predicted molar refractivity (Wildman–Crippen MR) is 61.3 cm³/mol. The van der Waals surface area contributed by atoms with E-state index in [-0.39, 0.29) is 0 Å². The number of carboxylic acid groups (broad SMARTS) is 1. The van der Waals surface area contributed by atoms with E-state index >= 15 is 0 Å². The zero-order valence-electron chi connectivity index (χ0n) is 8.73. The van der Waals surface area contributed by atoms with Gasteiger partial charge in [0.1, 0.15) is 0 Å². The molecule has 80 valence electrons. The van der Waals surface area contributed by atoms with E-state index in [0.29, 0.717) is 11.6 Å². The minimum atomic E-state index is -0.902. The Balaban J connectivity index is 2.64. The van der Waals surface area contributed by atoms with Crippen molar-refractivity contribution in [2.75, 3.05) is 5.32 Å². The molecule has 1 rings (SSSR count). The lowest BCUT2D eigenvalue weighted by molar-refractivity contribution is 0.0697. The highest BCUT2D eigenvalue weighted by molar-refractivity contribution is 5.87. The lowest BCUT2D eigenvalue weighted by Gasteiger charge is -2.12. The summed E-state index contributed by atoms with van der Waals surface area (Å²) in [5.41, 5.74) is 1.23. The molecule has 0 heterocycles. The Kier molecular flexibility index (Phi) is 3.92. The van der Waals surface area contributed by atoms with Gasteiger partial charge in [-0.3, -0.25) is 0 Å². The Morgan fingerprint density at radius 2 is 2.13 bits per heavy atom. The highest BCUT2D eigenvalue weighted by Crippen LogP contribution is 2.11. The van der Waals surface area contributed by atoms with E-state index in [1.807, 2.05) is 13.0 Å². The van der Waals surface area contributed by atoms with Crippen LogP contribution in [0.25, 0.3) is 0 Å². The van der Waals surface area contributed by atoms with E-state index in [4.69, 9.17) is 5.11 Å². The van der Waals surface area contributed by atoms with Gasteiger partial charge in [-0.05, 0) is 37.6 Å². The van der Waals surface area contributed by atoms with Crippen LogP contribution in [0.3, 0.4) is 0 Å². The number of anilines is 1. The maximum absolute atomic E-state index is 10.6. The average molecular weight is 205 g/mol. The van der Waals surface area contributed by atoms with E-state index in [2.05, 4.69) is 11.9 Å². The number of benzene rings is 1. The molecule has 0 aliphatic carbocycles. The Morgan fingerprint density at radius 3 is 2.60 bits per heavy atom. The van der Waals surface area contributed by atoms with Gasteiger partial charge in [0.05, 0.1) is 5.56 Å². The van der Waals surface area contributed by atoms with E-state index in [0.717, 1.165) is 12.1 Å². The number of carboxylic acids is 1. The number of rotatable bonds is 5. The monoisotopic (exact) mass is 205 g/mol. The summed E-state index contributed by atoms with van der Waals surface area (Å²) in [6, 6.07) is 7.01. The fourth-order valence-electron chi connectivity index (χ4n) is 1.30. The second-order valence-corrected chi connectivity index (χ2v) is 3.45. The Hall–Kier alpha value is -1.77. The maximum atomic E-state index is 10.6. The third-order valence-electron chi connectivity index (χ3n) is 2.07. The van der Waals surface area contributed by atoms with Gasteiger partial charge in [-0.1, -0.05) is 6.08 Å². The predicted octanol–water partition coefficient (Wildman–Crippen LogP) is 2.76. The van der Waals surface area contributed by atoms with Crippen LogP contribution in [-0.2, 0) is 0 Å². The van der Waals surface area contributed by atoms with Gasteiger partial charge in [-0.15, -0.1) is 6.58 Å². The zero-order valence-corrected chi connectivity index (χ0v) is 8.73. The van der Waals surface area contributed by atoms with Crippen molar-refractivity contribution in [1.29, 1.82) is 0 Å². The van der Waals surface area contributed by atoms with Crippen LogP contribution in [0.1, 0.15) is 23.7 Å². The maximum Gasteiger partial charge on any atom is 0.335 e. The summed E-state index contributed by atoms with van der Waals surface area (Å²) in [6.07, 6.45) is 2.73. The molecule has 0 saturated heterocycles. The van der Waals surface area contributed by atoms with E-state index in [1.165, 1.54) is 0 Å². The largest absolute Gasteiger partial charge is 0.478 e. The Morgan fingerprint density at radius 1 is 1.53 bits per heavy atom. The summed E-state index contributed by atoms with van der Waals surface area (Å²) in [4.78, 5) is 10.6. The van der Waals surface area contributed by atoms with Crippen molar-refractivity contribution >= 4 is 11.7 Å². The van der Waals surface area contributed by atoms with Crippen LogP contribution in [0.5, 0.6) is 0 Å². The van der Waals surface area contributed by atoms with Crippen LogP contribution in [0, 0.1) is 0 Å². The average Bonchev–Trinajstić information content (AvgIpc) is 2.18. The molecule has 0 amide bonds. The molecule has 0 saturated carbocycles. The SMILES string of the molecule is C=CCC(C)Nc1ccc(C(=O)O)cc1.